The van der Waals surface area contributed by atoms with E-state index in [2.05, 4.69) is 31.6 Å². The second-order valence-corrected chi connectivity index (χ2v) is 6.97. The summed E-state index contributed by atoms with van der Waals surface area (Å²) in [4.78, 5) is 21.4. The maximum atomic E-state index is 12.3. The van der Waals surface area contributed by atoms with Crippen molar-refractivity contribution >= 4 is 23.2 Å². The molecular formula is C19H26ClN5O. The number of aromatic nitrogens is 2. The molecule has 7 heteroatoms. The lowest BCUT2D eigenvalue weighted by molar-refractivity contribution is -0.117. The number of carbonyl (C=O) groups is 1. The highest BCUT2D eigenvalue weighted by atomic mass is 35.5. The zero-order valence-electron chi connectivity index (χ0n) is 15.2. The first kappa shape index (κ1) is 18.9. The minimum absolute atomic E-state index is 0.0203. The minimum Gasteiger partial charge on any atom is -0.334 e. The zero-order valence-corrected chi connectivity index (χ0v) is 16.0. The van der Waals surface area contributed by atoms with Gasteiger partial charge in [0.25, 0.3) is 0 Å². The SMILES string of the molecule is CCn1ccnc1CN1CCCN(CC(=O)Nc2ccccc2Cl)CC1. The van der Waals surface area contributed by atoms with Gasteiger partial charge in [-0.3, -0.25) is 14.6 Å². The third-order valence-corrected chi connectivity index (χ3v) is 5.03. The Balaban J connectivity index is 1.49. The van der Waals surface area contributed by atoms with Gasteiger partial charge in [-0.1, -0.05) is 23.7 Å². The highest BCUT2D eigenvalue weighted by Crippen LogP contribution is 2.20. The number of nitrogens with zero attached hydrogens (tertiary/aromatic N) is 4. The molecule has 3 rings (SSSR count). The standard InChI is InChI=1S/C19H26ClN5O/c1-2-25-11-8-21-18(25)14-23-9-5-10-24(13-12-23)15-19(26)22-17-7-4-3-6-16(17)20/h3-4,6-8,11H,2,5,9-10,12-15H2,1H3,(H,22,26). The molecule has 140 valence electrons. The molecule has 0 aliphatic carbocycles. The van der Waals surface area contributed by atoms with E-state index in [1.165, 1.54) is 0 Å². The largest absolute Gasteiger partial charge is 0.334 e. The molecule has 0 bridgehead atoms. The molecular weight excluding hydrogens is 350 g/mol. The molecule has 1 fully saturated rings. The van der Waals surface area contributed by atoms with Crippen molar-refractivity contribution in [2.75, 3.05) is 38.0 Å². The number of carbonyl (C=O) groups excluding carboxylic acids is 1. The third-order valence-electron chi connectivity index (χ3n) is 4.70. The van der Waals surface area contributed by atoms with Crippen LogP contribution in [0, 0.1) is 0 Å². The van der Waals surface area contributed by atoms with Gasteiger partial charge >= 0.3 is 0 Å². The van der Waals surface area contributed by atoms with E-state index in [1.807, 2.05) is 30.6 Å². The van der Waals surface area contributed by atoms with Crippen LogP contribution in [0.25, 0.3) is 0 Å². The summed E-state index contributed by atoms with van der Waals surface area (Å²) in [5, 5.41) is 3.47. The van der Waals surface area contributed by atoms with Gasteiger partial charge in [-0.15, -0.1) is 0 Å². The summed E-state index contributed by atoms with van der Waals surface area (Å²) in [7, 11) is 0. The number of rotatable bonds is 6. The molecule has 1 aromatic heterocycles. The normalized spacial score (nSPS) is 16.4. The Hall–Kier alpha value is -1.89. The molecule has 1 aromatic carbocycles. The van der Waals surface area contributed by atoms with Crippen molar-refractivity contribution in [1.82, 2.24) is 19.4 Å². The number of hydrogen-bond donors (Lipinski definition) is 1. The van der Waals surface area contributed by atoms with Gasteiger partial charge in [-0.05, 0) is 38.6 Å². The lowest BCUT2D eigenvalue weighted by Crippen LogP contribution is -2.36. The van der Waals surface area contributed by atoms with Gasteiger partial charge in [-0.25, -0.2) is 4.98 Å². The Kier molecular flexibility index (Phi) is 6.66. The maximum Gasteiger partial charge on any atom is 0.238 e. The van der Waals surface area contributed by atoms with E-state index in [1.54, 1.807) is 6.07 Å². The third kappa shape index (κ3) is 5.06. The van der Waals surface area contributed by atoms with Crippen LogP contribution in [0.5, 0.6) is 0 Å². The Morgan fingerprint density at radius 2 is 1.96 bits per heavy atom. The van der Waals surface area contributed by atoms with Gasteiger partial charge in [0.05, 0.1) is 23.8 Å². The van der Waals surface area contributed by atoms with Gasteiger partial charge in [0, 0.05) is 32.0 Å². The fraction of sp³-hybridized carbons (Fsp3) is 0.474. The van der Waals surface area contributed by atoms with E-state index < -0.39 is 0 Å². The van der Waals surface area contributed by atoms with Gasteiger partial charge in [-0.2, -0.15) is 0 Å². The number of nitrogens with one attached hydrogen (secondary N) is 1. The minimum atomic E-state index is -0.0203. The van der Waals surface area contributed by atoms with Crippen LogP contribution in [0.3, 0.4) is 0 Å². The second kappa shape index (κ2) is 9.16. The lowest BCUT2D eigenvalue weighted by atomic mass is 10.3. The van der Waals surface area contributed by atoms with Crippen molar-refractivity contribution in [1.29, 1.82) is 0 Å². The highest BCUT2D eigenvalue weighted by molar-refractivity contribution is 6.33. The molecule has 0 unspecified atom stereocenters. The first-order valence-electron chi connectivity index (χ1n) is 9.15. The number of imidazole rings is 1. The highest BCUT2D eigenvalue weighted by Gasteiger charge is 2.18. The molecule has 0 atom stereocenters. The molecule has 1 aliphatic heterocycles. The average molecular weight is 376 g/mol. The molecule has 26 heavy (non-hydrogen) atoms. The van der Waals surface area contributed by atoms with Gasteiger partial charge in [0.15, 0.2) is 0 Å². The molecule has 1 N–H and O–H groups in total. The fourth-order valence-corrected chi connectivity index (χ4v) is 3.46. The summed E-state index contributed by atoms with van der Waals surface area (Å²) in [6, 6.07) is 7.32. The number of amides is 1. The molecule has 1 saturated heterocycles. The second-order valence-electron chi connectivity index (χ2n) is 6.56. The van der Waals surface area contributed by atoms with Gasteiger partial charge in [0.1, 0.15) is 5.82 Å². The van der Waals surface area contributed by atoms with E-state index in [-0.39, 0.29) is 5.91 Å². The average Bonchev–Trinajstić information content (AvgIpc) is 2.96. The predicted molar refractivity (Wildman–Crippen MR) is 104 cm³/mol. The van der Waals surface area contributed by atoms with Gasteiger partial charge < -0.3 is 9.88 Å². The summed E-state index contributed by atoms with van der Waals surface area (Å²) >= 11 is 6.11. The number of anilines is 1. The van der Waals surface area contributed by atoms with E-state index >= 15 is 0 Å². The molecule has 2 heterocycles. The van der Waals surface area contributed by atoms with Crippen LogP contribution in [0.1, 0.15) is 19.2 Å². The summed E-state index contributed by atoms with van der Waals surface area (Å²) < 4.78 is 2.18. The monoisotopic (exact) mass is 375 g/mol. The number of halogens is 1. The lowest BCUT2D eigenvalue weighted by Gasteiger charge is -2.21. The topological polar surface area (TPSA) is 53.4 Å². The molecule has 2 aromatic rings. The molecule has 0 saturated carbocycles. The van der Waals surface area contributed by atoms with Crippen molar-refractivity contribution in [2.45, 2.75) is 26.4 Å². The van der Waals surface area contributed by atoms with Crippen LogP contribution in [0.15, 0.2) is 36.7 Å². The van der Waals surface area contributed by atoms with Crippen molar-refractivity contribution in [3.63, 3.8) is 0 Å². The van der Waals surface area contributed by atoms with Crippen molar-refractivity contribution in [3.05, 3.63) is 47.5 Å². The van der Waals surface area contributed by atoms with Crippen LogP contribution in [0.4, 0.5) is 5.69 Å². The predicted octanol–water partition coefficient (Wildman–Crippen LogP) is 2.70. The molecule has 6 nitrogen and oxygen atoms in total. The summed E-state index contributed by atoms with van der Waals surface area (Å²) in [5.74, 6) is 1.09. The zero-order chi connectivity index (χ0) is 18.4. The molecule has 1 amide bonds. The van der Waals surface area contributed by atoms with E-state index in [0.29, 0.717) is 17.3 Å². The van der Waals surface area contributed by atoms with Crippen molar-refractivity contribution in [3.8, 4) is 0 Å². The summed E-state index contributed by atoms with van der Waals surface area (Å²) in [5.41, 5.74) is 0.669. The number of benzene rings is 1. The van der Waals surface area contributed by atoms with Gasteiger partial charge in [0.2, 0.25) is 5.91 Å². The van der Waals surface area contributed by atoms with Crippen molar-refractivity contribution in [2.24, 2.45) is 0 Å². The number of aryl methyl sites for hydroxylation is 1. The Morgan fingerprint density at radius 1 is 1.19 bits per heavy atom. The van der Waals surface area contributed by atoms with Crippen LogP contribution in [0.2, 0.25) is 5.02 Å². The Morgan fingerprint density at radius 3 is 2.77 bits per heavy atom. The number of hydrogen-bond acceptors (Lipinski definition) is 4. The van der Waals surface area contributed by atoms with Crippen LogP contribution in [-0.2, 0) is 17.9 Å². The van der Waals surface area contributed by atoms with Crippen molar-refractivity contribution < 1.29 is 4.79 Å². The van der Waals surface area contributed by atoms with Crippen LogP contribution >= 0.6 is 11.6 Å². The first-order chi connectivity index (χ1) is 12.7. The van der Waals surface area contributed by atoms with Crippen LogP contribution in [-0.4, -0.2) is 58.0 Å². The fourth-order valence-electron chi connectivity index (χ4n) is 3.28. The van der Waals surface area contributed by atoms with E-state index in [0.717, 1.165) is 51.5 Å². The smallest absolute Gasteiger partial charge is 0.238 e. The maximum absolute atomic E-state index is 12.3. The van der Waals surface area contributed by atoms with E-state index in [9.17, 15) is 4.79 Å². The Labute approximate surface area is 159 Å². The van der Waals surface area contributed by atoms with E-state index in [4.69, 9.17) is 11.6 Å². The molecule has 0 radical (unpaired) electrons. The quantitative estimate of drug-likeness (QED) is 0.843. The van der Waals surface area contributed by atoms with Crippen LogP contribution < -0.4 is 5.32 Å². The molecule has 0 spiro atoms. The summed E-state index contributed by atoms with van der Waals surface area (Å²) in [6.45, 7) is 8.10. The molecule has 1 aliphatic rings. The first-order valence-corrected chi connectivity index (χ1v) is 9.52. The number of para-hydroxylation sites is 1. The summed E-state index contributed by atoms with van der Waals surface area (Å²) in [6.07, 6.45) is 4.94. The Bertz CT molecular complexity index is 732.